The summed E-state index contributed by atoms with van der Waals surface area (Å²) in [5, 5.41) is 9.69. The highest BCUT2D eigenvalue weighted by Crippen LogP contribution is 2.35. The van der Waals surface area contributed by atoms with E-state index in [0.29, 0.717) is 5.69 Å². The molecule has 0 radical (unpaired) electrons. The van der Waals surface area contributed by atoms with Gasteiger partial charge in [0.2, 0.25) is 0 Å². The normalized spacial score (nSPS) is 11.4. The molecule has 0 spiro atoms. The highest BCUT2D eigenvalue weighted by molar-refractivity contribution is 6.34. The second-order valence-corrected chi connectivity index (χ2v) is 5.44. The molecule has 2 aromatic carbocycles. The number of rotatable bonds is 3. The number of nitrogens with one attached hydrogen (secondary N) is 1. The molecule has 9 heteroatoms. The Bertz CT molecular complexity index is 910. The Labute approximate surface area is 145 Å². The second-order valence-electron chi connectivity index (χ2n) is 5.03. The number of aromatic nitrogens is 3. The lowest BCUT2D eigenvalue weighted by Crippen LogP contribution is -2.17. The van der Waals surface area contributed by atoms with Gasteiger partial charge < -0.3 is 5.32 Å². The van der Waals surface area contributed by atoms with Crippen LogP contribution in [0.25, 0.3) is 5.69 Å². The van der Waals surface area contributed by atoms with Crippen molar-refractivity contribution in [3.8, 4) is 5.69 Å². The van der Waals surface area contributed by atoms with Crippen LogP contribution in [-0.2, 0) is 6.18 Å². The lowest BCUT2D eigenvalue weighted by atomic mass is 10.1. The first-order valence-electron chi connectivity index (χ1n) is 6.98. The number of hydrogen-bond donors (Lipinski definition) is 1. The van der Waals surface area contributed by atoms with Gasteiger partial charge in [0.05, 0.1) is 21.8 Å². The molecule has 3 aromatic rings. The molecule has 5 nitrogen and oxygen atoms in total. The van der Waals surface area contributed by atoms with E-state index in [1.54, 1.807) is 6.07 Å². The van der Waals surface area contributed by atoms with Gasteiger partial charge in [0.15, 0.2) is 0 Å². The highest BCUT2D eigenvalue weighted by Gasteiger charge is 2.33. The summed E-state index contributed by atoms with van der Waals surface area (Å²) in [6.07, 6.45) is -1.74. The van der Waals surface area contributed by atoms with Crippen LogP contribution in [0.5, 0.6) is 0 Å². The van der Waals surface area contributed by atoms with Gasteiger partial charge in [-0.2, -0.15) is 13.2 Å². The summed E-state index contributed by atoms with van der Waals surface area (Å²) in [7, 11) is 0. The summed E-state index contributed by atoms with van der Waals surface area (Å²) in [4.78, 5) is 12.4. The van der Waals surface area contributed by atoms with Crippen molar-refractivity contribution >= 4 is 23.2 Å². The molecule has 0 aliphatic heterocycles. The fraction of sp³-hybridized carbons (Fsp3) is 0.0625. The van der Waals surface area contributed by atoms with Crippen molar-refractivity contribution in [3.63, 3.8) is 0 Å². The number of hydrogen-bond acceptors (Lipinski definition) is 3. The van der Waals surface area contributed by atoms with Crippen LogP contribution in [-0.4, -0.2) is 20.7 Å². The largest absolute Gasteiger partial charge is 0.418 e. The van der Waals surface area contributed by atoms with Crippen molar-refractivity contribution in [1.29, 1.82) is 0 Å². The molecule has 1 heterocycles. The summed E-state index contributed by atoms with van der Waals surface area (Å²) in [6, 6.07) is 9.27. The van der Waals surface area contributed by atoms with Crippen LogP contribution < -0.4 is 5.32 Å². The maximum atomic E-state index is 13.0. The molecular formula is C16H10ClF3N4O. The molecule has 0 atom stereocenters. The van der Waals surface area contributed by atoms with E-state index in [1.165, 1.54) is 47.6 Å². The van der Waals surface area contributed by atoms with Crippen LogP contribution in [0.3, 0.4) is 0 Å². The molecule has 0 unspecified atom stereocenters. The molecule has 0 saturated carbocycles. The Morgan fingerprint density at radius 3 is 2.44 bits per heavy atom. The summed E-state index contributed by atoms with van der Waals surface area (Å²) in [6.45, 7) is 0. The van der Waals surface area contributed by atoms with E-state index in [1.807, 2.05) is 0 Å². The van der Waals surface area contributed by atoms with Gasteiger partial charge in [-0.05, 0) is 30.3 Å². The van der Waals surface area contributed by atoms with Crippen molar-refractivity contribution in [3.05, 3.63) is 71.3 Å². The molecule has 3 rings (SSSR count). The molecule has 0 saturated heterocycles. The summed E-state index contributed by atoms with van der Waals surface area (Å²) in [5.41, 5.74) is -0.700. The van der Waals surface area contributed by atoms with Gasteiger partial charge in [0, 0.05) is 5.69 Å². The molecule has 0 aliphatic carbocycles. The molecule has 0 fully saturated rings. The number of amides is 1. The van der Waals surface area contributed by atoms with E-state index < -0.39 is 17.6 Å². The molecule has 1 amide bonds. The number of nitrogens with zero attached hydrogens (tertiary/aromatic N) is 3. The fourth-order valence-corrected chi connectivity index (χ4v) is 2.41. The Hall–Kier alpha value is -2.87. The number of para-hydroxylation sites is 1. The van der Waals surface area contributed by atoms with Crippen LogP contribution >= 0.6 is 11.6 Å². The summed E-state index contributed by atoms with van der Waals surface area (Å²) < 4.78 is 40.6. The van der Waals surface area contributed by atoms with Gasteiger partial charge >= 0.3 is 6.18 Å². The third-order valence-corrected chi connectivity index (χ3v) is 3.72. The van der Waals surface area contributed by atoms with Crippen molar-refractivity contribution in [2.45, 2.75) is 6.18 Å². The molecule has 0 bridgehead atoms. The molecule has 1 N–H and O–H groups in total. The average Bonchev–Trinajstić information content (AvgIpc) is 3.09. The minimum Gasteiger partial charge on any atom is -0.321 e. The van der Waals surface area contributed by atoms with Crippen LogP contribution in [0.15, 0.2) is 55.1 Å². The molecular weight excluding hydrogens is 357 g/mol. The summed E-state index contributed by atoms with van der Waals surface area (Å²) >= 11 is 6.02. The number of alkyl halides is 3. The maximum Gasteiger partial charge on any atom is 0.418 e. The van der Waals surface area contributed by atoms with E-state index in [0.717, 1.165) is 6.07 Å². The van der Waals surface area contributed by atoms with Crippen LogP contribution in [0, 0.1) is 0 Å². The maximum absolute atomic E-state index is 13.0. The van der Waals surface area contributed by atoms with Gasteiger partial charge in [0.1, 0.15) is 12.7 Å². The standard InChI is InChI=1S/C16H10ClF3N4O/c17-13-6-5-10(24-8-21-22-9-24)7-11(13)15(25)23-14-4-2-1-3-12(14)16(18,19)20/h1-9H,(H,23,25). The van der Waals surface area contributed by atoms with Crippen LogP contribution in [0.4, 0.5) is 18.9 Å². The predicted molar refractivity (Wildman–Crippen MR) is 85.8 cm³/mol. The highest BCUT2D eigenvalue weighted by atomic mass is 35.5. The van der Waals surface area contributed by atoms with Crippen molar-refractivity contribution in [2.75, 3.05) is 5.32 Å². The SMILES string of the molecule is O=C(Nc1ccccc1C(F)(F)F)c1cc(-n2cnnc2)ccc1Cl. The first-order chi connectivity index (χ1) is 11.9. The molecule has 1 aromatic heterocycles. The van der Waals surface area contributed by atoms with Gasteiger partial charge in [0.25, 0.3) is 5.91 Å². The average molecular weight is 367 g/mol. The molecule has 128 valence electrons. The van der Waals surface area contributed by atoms with Crippen molar-refractivity contribution in [2.24, 2.45) is 0 Å². The first kappa shape index (κ1) is 17.0. The Morgan fingerprint density at radius 2 is 1.76 bits per heavy atom. The Kier molecular flexibility index (Phi) is 4.45. The minimum absolute atomic E-state index is 0.0323. The summed E-state index contributed by atoms with van der Waals surface area (Å²) in [5.74, 6) is -0.753. The lowest BCUT2D eigenvalue weighted by molar-refractivity contribution is -0.136. The van der Waals surface area contributed by atoms with Gasteiger partial charge in [-0.25, -0.2) is 0 Å². The third-order valence-electron chi connectivity index (χ3n) is 3.39. The van der Waals surface area contributed by atoms with Crippen molar-refractivity contribution in [1.82, 2.24) is 14.8 Å². The monoisotopic (exact) mass is 366 g/mol. The van der Waals surface area contributed by atoms with Gasteiger partial charge in [-0.15, -0.1) is 10.2 Å². The van der Waals surface area contributed by atoms with Crippen LogP contribution in [0.2, 0.25) is 5.02 Å². The molecule has 25 heavy (non-hydrogen) atoms. The van der Waals surface area contributed by atoms with E-state index in [2.05, 4.69) is 15.5 Å². The van der Waals surface area contributed by atoms with E-state index in [9.17, 15) is 18.0 Å². The Morgan fingerprint density at radius 1 is 1.08 bits per heavy atom. The minimum atomic E-state index is -4.59. The quantitative estimate of drug-likeness (QED) is 0.756. The zero-order valence-corrected chi connectivity index (χ0v) is 13.2. The zero-order chi connectivity index (χ0) is 18.0. The third kappa shape index (κ3) is 3.63. The van der Waals surface area contributed by atoms with E-state index in [4.69, 9.17) is 11.6 Å². The molecule has 0 aliphatic rings. The lowest BCUT2D eigenvalue weighted by Gasteiger charge is -2.14. The zero-order valence-electron chi connectivity index (χ0n) is 12.5. The van der Waals surface area contributed by atoms with Crippen molar-refractivity contribution < 1.29 is 18.0 Å². The second kappa shape index (κ2) is 6.56. The topological polar surface area (TPSA) is 59.8 Å². The first-order valence-corrected chi connectivity index (χ1v) is 7.36. The Balaban J connectivity index is 1.94. The van der Waals surface area contributed by atoms with Crippen LogP contribution in [0.1, 0.15) is 15.9 Å². The number of halogens is 4. The fourth-order valence-electron chi connectivity index (χ4n) is 2.21. The predicted octanol–water partition coefficient (Wildman–Crippen LogP) is 4.19. The number of benzene rings is 2. The van der Waals surface area contributed by atoms with E-state index >= 15 is 0 Å². The van der Waals surface area contributed by atoms with E-state index in [-0.39, 0.29) is 16.3 Å². The number of anilines is 1. The number of carbonyl (C=O) groups excluding carboxylic acids is 1. The van der Waals surface area contributed by atoms with Gasteiger partial charge in [-0.3, -0.25) is 9.36 Å². The smallest absolute Gasteiger partial charge is 0.321 e. The van der Waals surface area contributed by atoms with Gasteiger partial charge in [-0.1, -0.05) is 23.7 Å². The number of carbonyl (C=O) groups is 1.